The van der Waals surface area contributed by atoms with Crippen LogP contribution in [0.4, 0.5) is 5.69 Å². The number of nitrogens with two attached hydrogens (primary N) is 1. The Morgan fingerprint density at radius 2 is 2.12 bits per heavy atom. The lowest BCUT2D eigenvalue weighted by Gasteiger charge is -2.60. The molecule has 0 aromatic carbocycles. The average Bonchev–Trinajstić information content (AvgIpc) is 3.06. The molecule has 0 radical (unpaired) electrons. The van der Waals surface area contributed by atoms with Gasteiger partial charge in [-0.2, -0.15) is 0 Å². The number of amides is 1. The minimum absolute atomic E-state index is 0.142. The van der Waals surface area contributed by atoms with Crippen molar-refractivity contribution in [3.63, 3.8) is 0 Å². The van der Waals surface area contributed by atoms with Crippen LogP contribution in [-0.2, 0) is 0 Å². The van der Waals surface area contributed by atoms with E-state index in [2.05, 4.69) is 15.3 Å². The fraction of sp³-hybridized carbons (Fsp3) is 0.579. The molecule has 4 fully saturated rings. The molecule has 0 aliphatic heterocycles. The molecule has 6 rings (SSSR count). The first kappa shape index (κ1) is 15.2. The van der Waals surface area contributed by atoms with Crippen molar-refractivity contribution < 1.29 is 9.90 Å². The van der Waals surface area contributed by atoms with Gasteiger partial charge in [0.15, 0.2) is 0 Å². The highest BCUT2D eigenvalue weighted by Crippen LogP contribution is 2.60. The van der Waals surface area contributed by atoms with Crippen LogP contribution in [0.25, 0.3) is 11.0 Å². The predicted octanol–water partition coefficient (Wildman–Crippen LogP) is 2.26. The Kier molecular flexibility index (Phi) is 3.17. The number of aliphatic hydroxyl groups excluding tert-OH is 1. The van der Waals surface area contributed by atoms with Crippen molar-refractivity contribution in [2.75, 3.05) is 11.9 Å². The number of hydrogen-bond acceptors (Lipinski definition) is 4. The van der Waals surface area contributed by atoms with Crippen LogP contribution in [0.2, 0.25) is 0 Å². The van der Waals surface area contributed by atoms with Gasteiger partial charge in [0.25, 0.3) is 5.91 Å². The van der Waals surface area contributed by atoms with E-state index in [1.807, 2.05) is 12.3 Å². The Morgan fingerprint density at radius 3 is 2.80 bits per heavy atom. The summed E-state index contributed by atoms with van der Waals surface area (Å²) in [4.78, 5) is 19.3. The van der Waals surface area contributed by atoms with Crippen molar-refractivity contribution in [3.8, 4) is 0 Å². The number of anilines is 1. The molecular weight excluding hydrogens is 316 g/mol. The zero-order valence-electron chi connectivity index (χ0n) is 14.2. The van der Waals surface area contributed by atoms with Crippen molar-refractivity contribution in [2.45, 2.75) is 38.1 Å². The molecule has 4 aliphatic carbocycles. The zero-order chi connectivity index (χ0) is 17.2. The van der Waals surface area contributed by atoms with Gasteiger partial charge in [0.1, 0.15) is 5.65 Å². The van der Waals surface area contributed by atoms with Crippen LogP contribution >= 0.6 is 0 Å². The van der Waals surface area contributed by atoms with E-state index in [1.54, 1.807) is 6.20 Å². The molecule has 4 aliphatic rings. The van der Waals surface area contributed by atoms with Crippen LogP contribution in [0.15, 0.2) is 18.5 Å². The number of carbonyl (C=O) groups is 1. The number of hydrogen-bond donors (Lipinski definition) is 4. The smallest absolute Gasteiger partial charge is 0.252 e. The summed E-state index contributed by atoms with van der Waals surface area (Å²) in [7, 11) is 0. The molecule has 5 N–H and O–H groups in total. The molecule has 2 aromatic heterocycles. The van der Waals surface area contributed by atoms with Crippen molar-refractivity contribution >= 4 is 22.6 Å². The number of carbonyl (C=O) groups excluding carboxylic acids is 1. The van der Waals surface area contributed by atoms with Crippen molar-refractivity contribution in [1.82, 2.24) is 9.97 Å². The van der Waals surface area contributed by atoms with E-state index in [0.29, 0.717) is 30.0 Å². The van der Waals surface area contributed by atoms with Gasteiger partial charge in [-0.3, -0.25) is 4.79 Å². The second-order valence-electron chi connectivity index (χ2n) is 8.45. The normalized spacial score (nSPS) is 36.0. The molecule has 6 nitrogen and oxygen atoms in total. The number of fused-ring (bicyclic) bond motifs is 1. The van der Waals surface area contributed by atoms with E-state index >= 15 is 0 Å². The second kappa shape index (κ2) is 5.21. The lowest BCUT2D eigenvalue weighted by Crippen LogP contribution is -2.57. The molecule has 4 bridgehead atoms. The summed E-state index contributed by atoms with van der Waals surface area (Å²) >= 11 is 0. The van der Waals surface area contributed by atoms with Crippen molar-refractivity contribution in [3.05, 3.63) is 24.0 Å². The molecule has 0 spiro atoms. The first-order valence-corrected chi connectivity index (χ1v) is 9.22. The van der Waals surface area contributed by atoms with Crippen LogP contribution in [-0.4, -0.2) is 33.6 Å². The molecule has 25 heavy (non-hydrogen) atoms. The van der Waals surface area contributed by atoms with Gasteiger partial charge in [0, 0.05) is 30.4 Å². The third-order valence-corrected chi connectivity index (χ3v) is 6.90. The number of aromatic amines is 1. The van der Waals surface area contributed by atoms with Crippen molar-refractivity contribution in [2.24, 2.45) is 28.9 Å². The molecule has 2 heterocycles. The molecule has 0 saturated heterocycles. The van der Waals surface area contributed by atoms with Crippen LogP contribution in [0, 0.1) is 23.2 Å². The molecule has 6 heteroatoms. The van der Waals surface area contributed by atoms with Gasteiger partial charge in [-0.05, 0) is 61.3 Å². The fourth-order valence-electron chi connectivity index (χ4n) is 6.14. The number of pyridine rings is 1. The standard InChI is InChI=1S/C19H24N4O2/c20-17(25)14-8-22-18-13(1-2-21-18)16(14)23-15-11-3-10-4-12(15)7-19(5-10,6-11)9-24/h1-2,8,10-12,15,24H,3-7,9H2,(H2,20,25)(H2,21,22,23)/t10-,11-,12+,15?,19-. The molecule has 2 aromatic rings. The maximum absolute atomic E-state index is 11.9. The van der Waals surface area contributed by atoms with Gasteiger partial charge < -0.3 is 21.1 Å². The number of primary amides is 1. The zero-order valence-corrected chi connectivity index (χ0v) is 14.2. The van der Waals surface area contributed by atoms with Gasteiger partial charge in [-0.15, -0.1) is 0 Å². The number of aromatic nitrogens is 2. The summed E-state index contributed by atoms with van der Waals surface area (Å²) in [5.41, 5.74) is 7.78. The highest BCUT2D eigenvalue weighted by atomic mass is 16.3. The van der Waals surface area contributed by atoms with Gasteiger partial charge in [0.2, 0.25) is 0 Å². The fourth-order valence-corrected chi connectivity index (χ4v) is 6.14. The molecule has 132 valence electrons. The Hall–Kier alpha value is -2.08. The molecule has 4 saturated carbocycles. The van der Waals surface area contributed by atoms with Crippen molar-refractivity contribution in [1.29, 1.82) is 0 Å². The van der Waals surface area contributed by atoms with E-state index in [0.717, 1.165) is 35.5 Å². The Bertz CT molecular complexity index is 829. The lowest BCUT2D eigenvalue weighted by molar-refractivity contribution is -0.0868. The molecular formula is C19H24N4O2. The number of H-pyrrole nitrogens is 1. The summed E-state index contributed by atoms with van der Waals surface area (Å²) in [5.74, 6) is 1.42. The first-order chi connectivity index (χ1) is 12.1. The number of rotatable bonds is 4. The summed E-state index contributed by atoms with van der Waals surface area (Å²) in [5, 5.41) is 14.6. The summed E-state index contributed by atoms with van der Waals surface area (Å²) in [6.45, 7) is 0.313. The monoisotopic (exact) mass is 340 g/mol. The predicted molar refractivity (Wildman–Crippen MR) is 95.1 cm³/mol. The van der Waals surface area contributed by atoms with Crippen LogP contribution in [0.5, 0.6) is 0 Å². The first-order valence-electron chi connectivity index (χ1n) is 9.22. The quantitative estimate of drug-likeness (QED) is 0.685. The topological polar surface area (TPSA) is 104 Å². The van der Waals surface area contributed by atoms with E-state index in [1.165, 1.54) is 19.3 Å². The minimum Gasteiger partial charge on any atom is -0.396 e. The summed E-state index contributed by atoms with van der Waals surface area (Å²) in [6.07, 6.45) is 9.21. The number of nitrogens with one attached hydrogen (secondary N) is 2. The highest BCUT2D eigenvalue weighted by molar-refractivity contribution is 6.06. The summed E-state index contributed by atoms with van der Waals surface area (Å²) in [6, 6.07) is 2.29. The van der Waals surface area contributed by atoms with E-state index in [9.17, 15) is 9.90 Å². The maximum Gasteiger partial charge on any atom is 0.252 e. The van der Waals surface area contributed by atoms with Gasteiger partial charge in [-0.25, -0.2) is 4.98 Å². The third-order valence-electron chi connectivity index (χ3n) is 6.90. The highest BCUT2D eigenvalue weighted by Gasteiger charge is 2.55. The van der Waals surface area contributed by atoms with Crippen LogP contribution in [0.3, 0.4) is 0 Å². The minimum atomic E-state index is -0.450. The molecule has 1 amide bonds. The number of nitrogens with zero attached hydrogens (tertiary/aromatic N) is 1. The van der Waals surface area contributed by atoms with Gasteiger partial charge in [-0.1, -0.05) is 0 Å². The molecule has 5 atom stereocenters. The van der Waals surface area contributed by atoms with Crippen LogP contribution < -0.4 is 11.1 Å². The van der Waals surface area contributed by atoms with E-state index in [4.69, 9.17) is 5.73 Å². The van der Waals surface area contributed by atoms with Crippen LogP contribution in [0.1, 0.15) is 42.5 Å². The largest absolute Gasteiger partial charge is 0.396 e. The average molecular weight is 340 g/mol. The maximum atomic E-state index is 11.9. The lowest BCUT2D eigenvalue weighted by atomic mass is 9.48. The molecule has 1 unspecified atom stereocenters. The Morgan fingerprint density at radius 1 is 1.36 bits per heavy atom. The Labute approximate surface area is 146 Å². The Balaban J connectivity index is 1.52. The third kappa shape index (κ3) is 2.20. The second-order valence-corrected chi connectivity index (χ2v) is 8.45. The van der Waals surface area contributed by atoms with Gasteiger partial charge >= 0.3 is 0 Å². The van der Waals surface area contributed by atoms with E-state index in [-0.39, 0.29) is 5.41 Å². The van der Waals surface area contributed by atoms with Gasteiger partial charge in [0.05, 0.1) is 11.3 Å². The summed E-state index contributed by atoms with van der Waals surface area (Å²) < 4.78 is 0. The van der Waals surface area contributed by atoms with E-state index < -0.39 is 5.91 Å². The SMILES string of the molecule is NC(=O)c1cnc2[nH]ccc2c1NC1[C@@H]2C[C@@H]3C[C@H]1C[C@@](CO)(C3)C2. The number of aliphatic hydroxyl groups is 1.